The number of halogens is 1. The molecule has 3 aromatic rings. The van der Waals surface area contributed by atoms with Gasteiger partial charge in [-0.25, -0.2) is 5.06 Å². The number of nitrogens with two attached hydrogens (primary N) is 1. The van der Waals surface area contributed by atoms with Crippen LogP contribution in [0.4, 0.5) is 0 Å². The molecule has 0 aromatic heterocycles. The van der Waals surface area contributed by atoms with E-state index in [1.54, 1.807) is 60.7 Å². The summed E-state index contributed by atoms with van der Waals surface area (Å²) in [6, 6.07) is 16.9. The lowest BCUT2D eigenvalue weighted by Crippen LogP contribution is -2.26. The van der Waals surface area contributed by atoms with Crippen molar-refractivity contribution in [2.75, 3.05) is 0 Å². The minimum absolute atomic E-state index is 0.0127. The normalized spacial score (nSPS) is 10.6. The molecule has 5 nitrogen and oxygen atoms in total. The Labute approximate surface area is 149 Å². The van der Waals surface area contributed by atoms with Crippen molar-refractivity contribution in [1.82, 2.24) is 5.06 Å². The summed E-state index contributed by atoms with van der Waals surface area (Å²) in [6.07, 6.45) is 0. The highest BCUT2D eigenvalue weighted by Crippen LogP contribution is 2.20. The Balaban J connectivity index is 1.86. The average Bonchev–Trinajstić information content (AvgIpc) is 2.60. The predicted octanol–water partition coefficient (Wildman–Crippen LogP) is 3.62. The molecule has 3 N–H and O–H groups in total. The Hall–Kier alpha value is -2.89. The number of carbonyl (C=O) groups excluding carboxylic acids is 2. The molecule has 0 fully saturated rings. The summed E-state index contributed by atoms with van der Waals surface area (Å²) in [5.74, 6) is -1.09. The summed E-state index contributed by atoms with van der Waals surface area (Å²) < 4.78 is 0. The van der Waals surface area contributed by atoms with E-state index < -0.39 is 11.8 Å². The molecule has 25 heavy (non-hydrogen) atoms. The lowest BCUT2D eigenvalue weighted by molar-refractivity contribution is -0.0647. The summed E-state index contributed by atoms with van der Waals surface area (Å²) in [5, 5.41) is 12.8. The van der Waals surface area contributed by atoms with E-state index in [9.17, 15) is 14.8 Å². The maximum absolute atomic E-state index is 12.4. The first-order valence-corrected chi connectivity index (χ1v) is 7.90. The van der Waals surface area contributed by atoms with E-state index in [0.717, 1.165) is 5.39 Å². The fourth-order valence-electron chi connectivity index (χ4n) is 2.56. The van der Waals surface area contributed by atoms with E-state index in [1.165, 1.54) is 0 Å². The average molecular weight is 355 g/mol. The molecule has 6 heteroatoms. The minimum Gasteiger partial charge on any atom is -0.366 e. The van der Waals surface area contributed by atoms with E-state index in [0.29, 0.717) is 32.2 Å². The number of primary amides is 1. The molecule has 126 valence electrons. The number of hydrogen-bond donors (Lipinski definition) is 2. The number of fused-ring (bicyclic) bond motifs is 1. The van der Waals surface area contributed by atoms with Crippen LogP contribution in [0.2, 0.25) is 5.02 Å². The second-order valence-corrected chi connectivity index (χ2v) is 6.07. The van der Waals surface area contributed by atoms with Gasteiger partial charge in [0.05, 0.1) is 6.54 Å². The van der Waals surface area contributed by atoms with Crippen LogP contribution < -0.4 is 5.73 Å². The smallest absolute Gasteiger partial charge is 0.277 e. The topological polar surface area (TPSA) is 83.6 Å². The van der Waals surface area contributed by atoms with Gasteiger partial charge in [-0.15, -0.1) is 0 Å². The van der Waals surface area contributed by atoms with E-state index >= 15 is 0 Å². The molecule has 0 unspecified atom stereocenters. The molecule has 0 saturated carbocycles. The van der Waals surface area contributed by atoms with Crippen LogP contribution >= 0.6 is 11.6 Å². The van der Waals surface area contributed by atoms with Gasteiger partial charge in [-0.2, -0.15) is 0 Å². The molecule has 3 rings (SSSR count). The van der Waals surface area contributed by atoms with Crippen LogP contribution in [0.1, 0.15) is 26.3 Å². The zero-order chi connectivity index (χ0) is 18.0. The molecule has 0 atom stereocenters. The van der Waals surface area contributed by atoms with Gasteiger partial charge in [-0.1, -0.05) is 35.9 Å². The van der Waals surface area contributed by atoms with Crippen LogP contribution in [0.5, 0.6) is 0 Å². The lowest BCUT2D eigenvalue weighted by Gasteiger charge is -2.15. The number of benzene rings is 3. The molecule has 2 amide bonds. The number of rotatable bonds is 4. The van der Waals surface area contributed by atoms with E-state index in [1.807, 2.05) is 0 Å². The second-order valence-electron chi connectivity index (χ2n) is 5.63. The van der Waals surface area contributed by atoms with Gasteiger partial charge in [0.1, 0.15) is 0 Å². The van der Waals surface area contributed by atoms with E-state index in [2.05, 4.69) is 0 Å². The van der Waals surface area contributed by atoms with Crippen LogP contribution in [0.15, 0.2) is 60.7 Å². The summed E-state index contributed by atoms with van der Waals surface area (Å²) in [4.78, 5) is 23.7. The number of hydroxylamine groups is 2. The highest BCUT2D eigenvalue weighted by atomic mass is 35.5. The van der Waals surface area contributed by atoms with Crippen LogP contribution in [-0.2, 0) is 6.54 Å². The van der Waals surface area contributed by atoms with Crippen LogP contribution in [0, 0.1) is 0 Å². The predicted molar refractivity (Wildman–Crippen MR) is 95.6 cm³/mol. The fourth-order valence-corrected chi connectivity index (χ4v) is 2.77. The van der Waals surface area contributed by atoms with Crippen molar-refractivity contribution in [2.24, 2.45) is 5.73 Å². The van der Waals surface area contributed by atoms with Crippen molar-refractivity contribution in [3.8, 4) is 0 Å². The van der Waals surface area contributed by atoms with Crippen molar-refractivity contribution in [1.29, 1.82) is 0 Å². The van der Waals surface area contributed by atoms with E-state index in [4.69, 9.17) is 17.3 Å². The molecule has 3 aromatic carbocycles. The zero-order valence-corrected chi connectivity index (χ0v) is 13.9. The largest absolute Gasteiger partial charge is 0.366 e. The summed E-state index contributed by atoms with van der Waals surface area (Å²) in [5.41, 5.74) is 6.66. The fraction of sp³-hybridized carbons (Fsp3) is 0.0526. The monoisotopic (exact) mass is 354 g/mol. The maximum atomic E-state index is 12.4. The first-order chi connectivity index (χ1) is 11.9. The third-order valence-electron chi connectivity index (χ3n) is 3.83. The molecule has 0 bridgehead atoms. The molecule has 0 aliphatic carbocycles. The Kier molecular flexibility index (Phi) is 4.70. The molecule has 0 aliphatic rings. The minimum atomic E-state index is -0.550. The second kappa shape index (κ2) is 6.93. The molecular formula is C19H15ClN2O3. The van der Waals surface area contributed by atoms with Crippen molar-refractivity contribution >= 4 is 34.2 Å². The zero-order valence-electron chi connectivity index (χ0n) is 13.1. The van der Waals surface area contributed by atoms with Crippen molar-refractivity contribution in [3.05, 3.63) is 82.4 Å². The van der Waals surface area contributed by atoms with Gasteiger partial charge in [0.2, 0.25) is 5.91 Å². The van der Waals surface area contributed by atoms with Crippen molar-refractivity contribution < 1.29 is 14.8 Å². The molecule has 0 aliphatic heterocycles. The van der Waals surface area contributed by atoms with Crippen LogP contribution in [-0.4, -0.2) is 22.1 Å². The Morgan fingerprint density at radius 1 is 0.960 bits per heavy atom. The van der Waals surface area contributed by atoms with Gasteiger partial charge in [-0.3, -0.25) is 14.8 Å². The Morgan fingerprint density at radius 2 is 1.64 bits per heavy atom. The SMILES string of the molecule is NC(=O)c1ccc2ccc(C(=O)N(O)Cc3cccc(Cl)c3)cc2c1. The number of amides is 2. The van der Waals surface area contributed by atoms with Gasteiger partial charge in [0.25, 0.3) is 5.91 Å². The van der Waals surface area contributed by atoms with Gasteiger partial charge in [0.15, 0.2) is 0 Å². The molecule has 0 saturated heterocycles. The highest BCUT2D eigenvalue weighted by molar-refractivity contribution is 6.30. The van der Waals surface area contributed by atoms with Gasteiger partial charge in [-0.05, 0) is 52.7 Å². The first-order valence-electron chi connectivity index (χ1n) is 7.53. The molecule has 0 spiro atoms. The summed E-state index contributed by atoms with van der Waals surface area (Å²) in [6.45, 7) is 0.0127. The van der Waals surface area contributed by atoms with Crippen LogP contribution in [0.25, 0.3) is 10.8 Å². The van der Waals surface area contributed by atoms with Gasteiger partial charge < -0.3 is 5.73 Å². The number of nitrogens with zero attached hydrogens (tertiary/aromatic N) is 1. The third-order valence-corrected chi connectivity index (χ3v) is 4.06. The molecular weight excluding hydrogens is 340 g/mol. The number of carbonyl (C=O) groups is 2. The van der Waals surface area contributed by atoms with Crippen LogP contribution in [0.3, 0.4) is 0 Å². The van der Waals surface area contributed by atoms with Gasteiger partial charge >= 0.3 is 0 Å². The highest BCUT2D eigenvalue weighted by Gasteiger charge is 2.15. The van der Waals surface area contributed by atoms with Crippen molar-refractivity contribution in [2.45, 2.75) is 6.54 Å². The molecule has 0 heterocycles. The van der Waals surface area contributed by atoms with Gasteiger partial charge in [0, 0.05) is 16.1 Å². The third kappa shape index (κ3) is 3.79. The Bertz CT molecular complexity index is 972. The maximum Gasteiger partial charge on any atom is 0.277 e. The Morgan fingerprint density at radius 3 is 2.32 bits per heavy atom. The lowest BCUT2D eigenvalue weighted by atomic mass is 10.0. The standard InChI is InChI=1S/C19H15ClN2O3/c20-17-3-1-2-12(8-17)11-22(25)19(24)15-7-5-13-4-6-14(18(21)23)9-16(13)10-15/h1-10,25H,11H2,(H2,21,23). The quantitative estimate of drug-likeness (QED) is 0.554. The van der Waals surface area contributed by atoms with Crippen molar-refractivity contribution in [3.63, 3.8) is 0 Å². The molecule has 0 radical (unpaired) electrons. The summed E-state index contributed by atoms with van der Waals surface area (Å²) in [7, 11) is 0. The number of hydrogen-bond acceptors (Lipinski definition) is 3. The first kappa shape index (κ1) is 17.0. The summed E-state index contributed by atoms with van der Waals surface area (Å²) >= 11 is 5.91. The van der Waals surface area contributed by atoms with E-state index in [-0.39, 0.29) is 6.54 Å².